The van der Waals surface area contributed by atoms with Gasteiger partial charge in [0.25, 0.3) is 10.1 Å². The smallest absolute Gasteiger partial charge is 0.287 e. The highest BCUT2D eigenvalue weighted by Crippen LogP contribution is 1.81. The average Bonchev–Trinajstić information content (AvgIpc) is 1.59. The van der Waals surface area contributed by atoms with Gasteiger partial charge in [-0.05, 0) is 6.08 Å². The molecule has 5 N–H and O–H groups in total. The second-order valence-electron chi connectivity index (χ2n) is 1.07. The summed E-state index contributed by atoms with van der Waals surface area (Å²) in [4.78, 5) is 0. The first kappa shape index (κ1) is 11.4. The monoisotopic (exact) mass is 155 g/mol. The third kappa shape index (κ3) is 11.2. The van der Waals surface area contributed by atoms with Crippen molar-refractivity contribution < 1.29 is 18.1 Å². The van der Waals surface area contributed by atoms with Crippen molar-refractivity contribution >= 4 is 10.1 Å². The van der Waals surface area contributed by atoms with E-state index in [1.807, 2.05) is 0 Å². The molecule has 0 atom stereocenters. The topological polar surface area (TPSA) is 110 Å². The molecule has 0 bridgehead atoms. The van der Waals surface area contributed by atoms with Crippen molar-refractivity contribution in [3.8, 4) is 0 Å². The van der Waals surface area contributed by atoms with E-state index in [4.69, 9.17) is 9.66 Å². The Morgan fingerprint density at radius 3 is 2.00 bits per heavy atom. The SMILES string of the molecule is N.O=S(=O)(O)C=CCO. The highest BCUT2D eigenvalue weighted by Gasteiger charge is 1.91. The zero-order valence-corrected chi connectivity index (χ0v) is 5.50. The Morgan fingerprint density at radius 2 is 1.89 bits per heavy atom. The molecule has 0 heterocycles. The summed E-state index contributed by atoms with van der Waals surface area (Å²) >= 11 is 0. The zero-order chi connectivity index (χ0) is 6.62. The van der Waals surface area contributed by atoms with Gasteiger partial charge in [-0.1, -0.05) is 0 Å². The molecule has 0 unspecified atom stereocenters. The molecule has 0 spiro atoms. The minimum Gasteiger partial charge on any atom is -0.392 e. The lowest BCUT2D eigenvalue weighted by molar-refractivity contribution is 0.342. The van der Waals surface area contributed by atoms with Crippen LogP contribution in [0.15, 0.2) is 11.5 Å². The predicted octanol–water partition coefficient (Wildman–Crippen LogP) is -0.458. The first-order valence-corrected chi connectivity index (χ1v) is 3.31. The Bertz CT molecular complexity index is 170. The molecule has 9 heavy (non-hydrogen) atoms. The standard InChI is InChI=1S/C3H6O4S.H3N/c4-2-1-3-8(5,6)7;/h1,3-4H,2H2,(H,5,6,7);1H3. The summed E-state index contributed by atoms with van der Waals surface area (Å²) in [6, 6.07) is 0. The van der Waals surface area contributed by atoms with Gasteiger partial charge in [-0.25, -0.2) is 0 Å². The Morgan fingerprint density at radius 1 is 1.44 bits per heavy atom. The van der Waals surface area contributed by atoms with E-state index in [0.717, 1.165) is 6.08 Å². The van der Waals surface area contributed by atoms with Crippen molar-refractivity contribution in [3.05, 3.63) is 11.5 Å². The Hall–Kier alpha value is -0.430. The number of aliphatic hydroxyl groups excluding tert-OH is 1. The van der Waals surface area contributed by atoms with Gasteiger partial charge in [0.15, 0.2) is 0 Å². The molecule has 0 aromatic rings. The number of rotatable bonds is 2. The predicted molar refractivity (Wildman–Crippen MR) is 32.8 cm³/mol. The van der Waals surface area contributed by atoms with E-state index in [2.05, 4.69) is 0 Å². The van der Waals surface area contributed by atoms with Crippen molar-refractivity contribution in [3.63, 3.8) is 0 Å². The van der Waals surface area contributed by atoms with E-state index < -0.39 is 10.1 Å². The summed E-state index contributed by atoms with van der Waals surface area (Å²) in [5.74, 6) is 0. The summed E-state index contributed by atoms with van der Waals surface area (Å²) in [6.07, 6.45) is 0.926. The van der Waals surface area contributed by atoms with Gasteiger partial charge in [0.05, 0.1) is 12.0 Å². The van der Waals surface area contributed by atoms with Gasteiger partial charge >= 0.3 is 0 Å². The third-order valence-corrected chi connectivity index (χ3v) is 0.910. The van der Waals surface area contributed by atoms with Crippen LogP contribution in [-0.2, 0) is 10.1 Å². The summed E-state index contributed by atoms with van der Waals surface area (Å²) in [5, 5.41) is 8.49. The van der Waals surface area contributed by atoms with Crippen LogP contribution in [0.3, 0.4) is 0 Å². The molecular weight excluding hydrogens is 146 g/mol. The minimum absolute atomic E-state index is 0. The van der Waals surface area contributed by atoms with Crippen LogP contribution in [0.1, 0.15) is 0 Å². The molecule has 0 aromatic heterocycles. The van der Waals surface area contributed by atoms with Crippen molar-refractivity contribution in [2.75, 3.05) is 6.61 Å². The Balaban J connectivity index is 0. The molecule has 0 aliphatic rings. The molecule has 0 saturated heterocycles. The van der Waals surface area contributed by atoms with Crippen LogP contribution in [-0.4, -0.2) is 24.7 Å². The third-order valence-electron chi connectivity index (χ3n) is 0.374. The van der Waals surface area contributed by atoms with Crippen LogP contribution >= 0.6 is 0 Å². The van der Waals surface area contributed by atoms with Crippen LogP contribution in [0.5, 0.6) is 0 Å². The normalized spacial score (nSPS) is 11.3. The molecule has 0 aliphatic heterocycles. The number of aliphatic hydroxyl groups is 1. The van der Waals surface area contributed by atoms with E-state index in [1.54, 1.807) is 0 Å². The minimum atomic E-state index is -4.03. The van der Waals surface area contributed by atoms with Crippen molar-refractivity contribution in [1.29, 1.82) is 0 Å². The molecule has 0 rings (SSSR count). The van der Waals surface area contributed by atoms with Crippen molar-refractivity contribution in [2.45, 2.75) is 0 Å². The second kappa shape index (κ2) is 4.45. The average molecular weight is 155 g/mol. The highest BCUT2D eigenvalue weighted by molar-refractivity contribution is 7.88. The molecule has 0 fully saturated rings. The van der Waals surface area contributed by atoms with Crippen LogP contribution in [0.4, 0.5) is 0 Å². The maximum Gasteiger partial charge on any atom is 0.287 e. The van der Waals surface area contributed by atoms with E-state index in [0.29, 0.717) is 5.41 Å². The maximum atomic E-state index is 9.75. The number of hydrogen-bond donors (Lipinski definition) is 3. The van der Waals surface area contributed by atoms with Crippen LogP contribution < -0.4 is 6.15 Å². The lowest BCUT2D eigenvalue weighted by atomic mass is 10.7. The molecule has 56 valence electrons. The van der Waals surface area contributed by atoms with Gasteiger partial charge in [-0.15, -0.1) is 0 Å². The van der Waals surface area contributed by atoms with Gasteiger partial charge in [0.2, 0.25) is 0 Å². The lowest BCUT2D eigenvalue weighted by Crippen LogP contribution is -1.89. The molecule has 0 aliphatic carbocycles. The fourth-order valence-electron chi connectivity index (χ4n) is 0.165. The number of hydrogen-bond acceptors (Lipinski definition) is 4. The lowest BCUT2D eigenvalue weighted by Gasteiger charge is -1.79. The molecule has 5 nitrogen and oxygen atoms in total. The van der Waals surface area contributed by atoms with Crippen molar-refractivity contribution in [2.24, 2.45) is 0 Å². The Labute approximate surface area is 53.3 Å². The summed E-state index contributed by atoms with van der Waals surface area (Å²) in [7, 11) is -4.03. The van der Waals surface area contributed by atoms with E-state index >= 15 is 0 Å². The summed E-state index contributed by atoms with van der Waals surface area (Å²) < 4.78 is 27.4. The quantitative estimate of drug-likeness (QED) is 0.467. The maximum absolute atomic E-state index is 9.75. The molecule has 0 amide bonds. The Kier molecular flexibility index (Phi) is 5.62. The highest BCUT2D eigenvalue weighted by atomic mass is 32.2. The first-order chi connectivity index (χ1) is 3.56. The molecule has 6 heteroatoms. The molecule has 0 radical (unpaired) electrons. The second-order valence-corrected chi connectivity index (χ2v) is 2.37. The molecule has 0 saturated carbocycles. The van der Waals surface area contributed by atoms with E-state index in [9.17, 15) is 8.42 Å². The van der Waals surface area contributed by atoms with Crippen LogP contribution in [0.25, 0.3) is 0 Å². The fraction of sp³-hybridized carbons (Fsp3) is 0.333. The van der Waals surface area contributed by atoms with Gasteiger partial charge < -0.3 is 11.3 Å². The van der Waals surface area contributed by atoms with Gasteiger partial charge in [-0.3, -0.25) is 4.55 Å². The molecule has 0 aromatic carbocycles. The summed E-state index contributed by atoms with van der Waals surface area (Å²) in [5.41, 5.74) is 0. The van der Waals surface area contributed by atoms with Gasteiger partial charge in [0, 0.05) is 0 Å². The fourth-order valence-corrected chi connectivity index (χ4v) is 0.494. The van der Waals surface area contributed by atoms with Crippen LogP contribution in [0.2, 0.25) is 0 Å². The first-order valence-electron chi connectivity index (χ1n) is 1.81. The van der Waals surface area contributed by atoms with Gasteiger partial charge in [0.1, 0.15) is 0 Å². The summed E-state index contributed by atoms with van der Waals surface area (Å²) in [6.45, 7) is -0.389. The largest absolute Gasteiger partial charge is 0.392 e. The molecular formula is C3H9NO4S. The van der Waals surface area contributed by atoms with E-state index in [1.165, 1.54) is 0 Å². The zero-order valence-electron chi connectivity index (χ0n) is 4.69. The van der Waals surface area contributed by atoms with Crippen LogP contribution in [0, 0.1) is 0 Å². The van der Waals surface area contributed by atoms with E-state index in [-0.39, 0.29) is 12.8 Å². The van der Waals surface area contributed by atoms with Gasteiger partial charge in [-0.2, -0.15) is 8.42 Å². The van der Waals surface area contributed by atoms with Crippen molar-refractivity contribution in [1.82, 2.24) is 6.15 Å².